The number of carbonyl (C=O) groups excluding carboxylic acids is 3. The summed E-state index contributed by atoms with van der Waals surface area (Å²) in [7, 11) is 0. The number of benzene rings is 1. The number of esters is 1. The quantitative estimate of drug-likeness (QED) is 0.576. The third kappa shape index (κ3) is 4.17. The lowest BCUT2D eigenvalue weighted by molar-refractivity contribution is -0.146. The van der Waals surface area contributed by atoms with Crippen LogP contribution in [0.15, 0.2) is 36.4 Å². The van der Waals surface area contributed by atoms with Crippen LogP contribution in [-0.4, -0.2) is 52.4 Å². The number of imide groups is 1. The number of hydrogen-bond acceptors (Lipinski definition) is 6. The van der Waals surface area contributed by atoms with E-state index in [4.69, 9.17) is 16.3 Å². The molecule has 1 aliphatic heterocycles. The highest BCUT2D eigenvalue weighted by atomic mass is 35.5. The van der Waals surface area contributed by atoms with Gasteiger partial charge in [-0.1, -0.05) is 29.8 Å². The molecule has 140 valence electrons. The maximum absolute atomic E-state index is 11.9. The largest absolute Gasteiger partial charge is 0.452 e. The van der Waals surface area contributed by atoms with E-state index in [0.29, 0.717) is 16.4 Å². The van der Waals surface area contributed by atoms with E-state index in [9.17, 15) is 14.4 Å². The standard InChI is InChI=1S/C18H16ClN3O5/c1-12-14(17(19)22(20-12)13-5-3-2-4-6-13)7-8-16(24)27-11-15(23)21-9-10-26-18(21)25/h2-8H,9-11H2,1H3/b8-7+. The molecule has 0 bridgehead atoms. The lowest BCUT2D eigenvalue weighted by Gasteiger charge is -2.09. The number of rotatable bonds is 5. The summed E-state index contributed by atoms with van der Waals surface area (Å²) in [6.45, 7) is 1.51. The third-order valence-electron chi connectivity index (χ3n) is 3.83. The van der Waals surface area contributed by atoms with E-state index in [1.165, 1.54) is 6.08 Å². The highest BCUT2D eigenvalue weighted by Crippen LogP contribution is 2.24. The van der Waals surface area contributed by atoms with Crippen LogP contribution in [0.1, 0.15) is 11.3 Å². The Morgan fingerprint density at radius 2 is 2.07 bits per heavy atom. The van der Waals surface area contributed by atoms with Gasteiger partial charge in [-0.05, 0) is 25.1 Å². The molecule has 2 heterocycles. The fraction of sp³-hybridized carbons (Fsp3) is 0.222. The Morgan fingerprint density at radius 3 is 2.74 bits per heavy atom. The summed E-state index contributed by atoms with van der Waals surface area (Å²) in [5.41, 5.74) is 1.98. The van der Waals surface area contributed by atoms with Crippen LogP contribution in [0.5, 0.6) is 0 Å². The summed E-state index contributed by atoms with van der Waals surface area (Å²) in [5, 5.41) is 4.71. The number of hydrogen-bond donors (Lipinski definition) is 0. The molecule has 2 aromatic rings. The highest BCUT2D eigenvalue weighted by Gasteiger charge is 2.28. The Bertz CT molecular complexity index is 907. The van der Waals surface area contributed by atoms with Gasteiger partial charge in [0, 0.05) is 11.6 Å². The molecule has 1 aromatic heterocycles. The normalized spacial score (nSPS) is 13.9. The predicted octanol–water partition coefficient (Wildman–Crippen LogP) is 2.37. The molecule has 2 amide bonds. The second kappa shape index (κ2) is 8.05. The van der Waals surface area contributed by atoms with Crippen molar-refractivity contribution in [3.8, 4) is 5.69 Å². The van der Waals surface area contributed by atoms with Crippen LogP contribution in [0.2, 0.25) is 5.15 Å². The van der Waals surface area contributed by atoms with Crippen LogP contribution in [0.3, 0.4) is 0 Å². The molecular formula is C18H16ClN3O5. The molecule has 9 heteroatoms. The number of halogens is 1. The molecule has 0 radical (unpaired) electrons. The van der Waals surface area contributed by atoms with E-state index in [1.54, 1.807) is 11.6 Å². The third-order valence-corrected chi connectivity index (χ3v) is 4.20. The van der Waals surface area contributed by atoms with Crippen LogP contribution in [0.4, 0.5) is 4.79 Å². The van der Waals surface area contributed by atoms with Gasteiger partial charge in [0.05, 0.1) is 17.9 Å². The second-order valence-corrected chi connectivity index (χ2v) is 6.00. The number of aryl methyl sites for hydroxylation is 1. The van der Waals surface area contributed by atoms with E-state index in [0.717, 1.165) is 16.7 Å². The van der Waals surface area contributed by atoms with Crippen molar-refractivity contribution in [2.24, 2.45) is 0 Å². The Hall–Kier alpha value is -3.13. The molecule has 0 unspecified atom stereocenters. The van der Waals surface area contributed by atoms with E-state index < -0.39 is 24.6 Å². The van der Waals surface area contributed by atoms with E-state index in [1.807, 2.05) is 30.3 Å². The van der Waals surface area contributed by atoms with Crippen LogP contribution < -0.4 is 0 Å². The van der Waals surface area contributed by atoms with E-state index in [2.05, 4.69) is 9.84 Å². The van der Waals surface area contributed by atoms with Crippen molar-refractivity contribution < 1.29 is 23.9 Å². The van der Waals surface area contributed by atoms with Crippen molar-refractivity contribution >= 4 is 35.6 Å². The average molecular weight is 390 g/mol. The minimum atomic E-state index is -0.737. The molecule has 27 heavy (non-hydrogen) atoms. The second-order valence-electron chi connectivity index (χ2n) is 5.64. The maximum Gasteiger partial charge on any atom is 0.416 e. The van der Waals surface area contributed by atoms with Crippen LogP contribution in [0.25, 0.3) is 11.8 Å². The number of carbonyl (C=O) groups is 3. The molecule has 1 aliphatic rings. The summed E-state index contributed by atoms with van der Waals surface area (Å²) >= 11 is 6.36. The summed E-state index contributed by atoms with van der Waals surface area (Å²) in [4.78, 5) is 35.8. The minimum Gasteiger partial charge on any atom is -0.452 e. The SMILES string of the molecule is Cc1nn(-c2ccccc2)c(Cl)c1/C=C/C(=O)OCC(=O)N1CCOC1=O. The zero-order chi connectivity index (χ0) is 19.4. The Morgan fingerprint density at radius 1 is 1.33 bits per heavy atom. The van der Waals surface area contributed by atoms with Gasteiger partial charge in [0.15, 0.2) is 6.61 Å². The Labute approximate surface area is 159 Å². The fourth-order valence-corrected chi connectivity index (χ4v) is 2.81. The monoisotopic (exact) mass is 389 g/mol. The molecule has 0 N–H and O–H groups in total. The highest BCUT2D eigenvalue weighted by molar-refractivity contribution is 6.31. The van der Waals surface area contributed by atoms with Gasteiger partial charge in [-0.25, -0.2) is 19.2 Å². The predicted molar refractivity (Wildman–Crippen MR) is 96.4 cm³/mol. The van der Waals surface area contributed by atoms with Crippen LogP contribution in [-0.2, 0) is 19.1 Å². The molecule has 1 aromatic carbocycles. The number of aromatic nitrogens is 2. The number of nitrogens with zero attached hydrogens (tertiary/aromatic N) is 3. The molecule has 0 aliphatic carbocycles. The first kappa shape index (κ1) is 18.7. The van der Waals surface area contributed by atoms with E-state index >= 15 is 0 Å². The van der Waals surface area contributed by atoms with Crippen molar-refractivity contribution in [1.82, 2.24) is 14.7 Å². The summed E-state index contributed by atoms with van der Waals surface area (Å²) in [5.74, 6) is -1.37. The van der Waals surface area contributed by atoms with Crippen LogP contribution >= 0.6 is 11.6 Å². The molecule has 3 rings (SSSR count). The summed E-state index contributed by atoms with van der Waals surface area (Å²) in [6, 6.07) is 9.32. The van der Waals surface area contributed by atoms with Crippen molar-refractivity contribution in [1.29, 1.82) is 0 Å². The smallest absolute Gasteiger partial charge is 0.416 e. The van der Waals surface area contributed by atoms with Gasteiger partial charge < -0.3 is 9.47 Å². The van der Waals surface area contributed by atoms with Gasteiger partial charge >= 0.3 is 12.1 Å². The molecule has 0 atom stereocenters. The van der Waals surface area contributed by atoms with Crippen molar-refractivity contribution in [2.75, 3.05) is 19.8 Å². The first-order valence-corrected chi connectivity index (χ1v) is 8.47. The average Bonchev–Trinajstić information content (AvgIpc) is 3.22. The van der Waals surface area contributed by atoms with Gasteiger partial charge in [-0.2, -0.15) is 5.10 Å². The summed E-state index contributed by atoms with van der Waals surface area (Å²) < 4.78 is 11.1. The van der Waals surface area contributed by atoms with Gasteiger partial charge in [0.25, 0.3) is 5.91 Å². The molecule has 1 saturated heterocycles. The van der Waals surface area contributed by atoms with Crippen molar-refractivity contribution in [3.05, 3.63) is 52.8 Å². The van der Waals surface area contributed by atoms with Gasteiger partial charge in [-0.3, -0.25) is 4.79 Å². The summed E-state index contributed by atoms with van der Waals surface area (Å²) in [6.07, 6.45) is 1.89. The minimum absolute atomic E-state index is 0.140. The van der Waals surface area contributed by atoms with Crippen LogP contribution in [0, 0.1) is 6.92 Å². The van der Waals surface area contributed by atoms with Gasteiger partial charge in [0.1, 0.15) is 11.8 Å². The van der Waals surface area contributed by atoms with Gasteiger partial charge in [0.2, 0.25) is 0 Å². The number of para-hydroxylation sites is 1. The van der Waals surface area contributed by atoms with E-state index in [-0.39, 0.29) is 13.2 Å². The van der Waals surface area contributed by atoms with Crippen molar-refractivity contribution in [3.63, 3.8) is 0 Å². The molecule has 0 saturated carbocycles. The molecule has 8 nitrogen and oxygen atoms in total. The molecular weight excluding hydrogens is 374 g/mol. The molecule has 1 fully saturated rings. The first-order chi connectivity index (χ1) is 13.0. The zero-order valence-corrected chi connectivity index (χ0v) is 15.2. The Kier molecular flexibility index (Phi) is 5.56. The Balaban J connectivity index is 1.64. The lowest BCUT2D eigenvalue weighted by atomic mass is 10.2. The van der Waals surface area contributed by atoms with Gasteiger partial charge in [-0.15, -0.1) is 0 Å². The lowest BCUT2D eigenvalue weighted by Crippen LogP contribution is -2.35. The number of ether oxygens (including phenoxy) is 2. The fourth-order valence-electron chi connectivity index (χ4n) is 2.47. The number of cyclic esters (lactones) is 1. The zero-order valence-electron chi connectivity index (χ0n) is 14.4. The van der Waals surface area contributed by atoms with Crippen molar-refractivity contribution in [2.45, 2.75) is 6.92 Å². The maximum atomic E-state index is 11.9. The molecule has 0 spiro atoms. The first-order valence-electron chi connectivity index (χ1n) is 8.10. The number of amides is 2. The topological polar surface area (TPSA) is 90.7 Å².